The van der Waals surface area contributed by atoms with E-state index < -0.39 is 23.3 Å². The predicted molar refractivity (Wildman–Crippen MR) is 68.5 cm³/mol. The van der Waals surface area contributed by atoms with Gasteiger partial charge in [-0.25, -0.2) is 4.79 Å². The Hall–Kier alpha value is -2.03. The van der Waals surface area contributed by atoms with Crippen molar-refractivity contribution in [3.63, 3.8) is 0 Å². The zero-order valence-corrected chi connectivity index (χ0v) is 11.2. The molecule has 106 valence electrons. The van der Waals surface area contributed by atoms with Gasteiger partial charge in [0, 0.05) is 10.7 Å². The van der Waals surface area contributed by atoms with Gasteiger partial charge in [0.1, 0.15) is 5.69 Å². The quantitative estimate of drug-likeness (QED) is 0.779. The summed E-state index contributed by atoms with van der Waals surface area (Å²) in [5.74, 6) is -0.733. The lowest BCUT2D eigenvalue weighted by Gasteiger charge is -2.11. The highest BCUT2D eigenvalue weighted by molar-refractivity contribution is 9.10. The maximum absolute atomic E-state index is 12.6. The first-order valence-corrected chi connectivity index (χ1v) is 6.02. The van der Waals surface area contributed by atoms with Gasteiger partial charge in [-0.3, -0.25) is 4.79 Å². The van der Waals surface area contributed by atoms with E-state index in [0.29, 0.717) is 0 Å². The summed E-state index contributed by atoms with van der Waals surface area (Å²) in [5.41, 5.74) is -1.61. The fourth-order valence-electron chi connectivity index (χ4n) is 1.44. The number of carbonyl (C=O) groups excluding carboxylic acids is 1. The molecule has 1 aromatic carbocycles. The number of anilines is 1. The van der Waals surface area contributed by atoms with Gasteiger partial charge < -0.3 is 15.3 Å². The summed E-state index contributed by atoms with van der Waals surface area (Å²) >= 11 is 3.04. The van der Waals surface area contributed by atoms with E-state index in [9.17, 15) is 22.8 Å². The van der Waals surface area contributed by atoms with Crippen molar-refractivity contribution in [2.45, 2.75) is 6.18 Å². The normalized spacial score (nSPS) is 11.4. The van der Waals surface area contributed by atoms with E-state index in [1.807, 2.05) is 0 Å². The molecule has 0 spiro atoms. The average Bonchev–Trinajstić information content (AvgIpc) is 2.77. The van der Waals surface area contributed by atoms with E-state index >= 15 is 0 Å². The number of halogens is 4. The van der Waals surface area contributed by atoms with Gasteiger partial charge in [0.2, 0.25) is 0 Å². The molecule has 0 radical (unpaired) electrons. The topological polar surface area (TPSA) is 77.8 Å². The number of hydrogen-bond acceptors (Lipinski definition) is 2. The van der Waals surface area contributed by atoms with Crippen molar-refractivity contribution < 1.29 is 18.0 Å². The highest BCUT2D eigenvalue weighted by Crippen LogP contribution is 2.34. The smallest absolute Gasteiger partial charge is 0.320 e. The van der Waals surface area contributed by atoms with E-state index in [4.69, 9.17) is 0 Å². The monoisotopic (exact) mass is 349 g/mol. The maximum Gasteiger partial charge on any atom is 0.416 e. The molecule has 0 aliphatic carbocycles. The van der Waals surface area contributed by atoms with Gasteiger partial charge in [-0.2, -0.15) is 13.2 Å². The molecular formula is C11H7BrF3N3O2. The molecule has 9 heteroatoms. The van der Waals surface area contributed by atoms with Gasteiger partial charge in [0.05, 0.1) is 11.3 Å². The summed E-state index contributed by atoms with van der Waals surface area (Å²) in [6.07, 6.45) is -3.39. The number of carbonyl (C=O) groups is 1. The average molecular weight is 350 g/mol. The Labute approximate surface area is 118 Å². The molecule has 20 heavy (non-hydrogen) atoms. The fourth-order valence-corrected chi connectivity index (χ4v) is 1.79. The number of aromatic nitrogens is 2. The third-order valence-corrected chi connectivity index (χ3v) is 3.07. The van der Waals surface area contributed by atoms with Crippen LogP contribution in [0.15, 0.2) is 33.7 Å². The Morgan fingerprint density at radius 1 is 1.30 bits per heavy atom. The first-order valence-electron chi connectivity index (χ1n) is 5.23. The summed E-state index contributed by atoms with van der Waals surface area (Å²) in [6.45, 7) is 0. The molecule has 0 saturated carbocycles. The molecule has 2 aromatic rings. The molecule has 1 amide bonds. The molecule has 1 heterocycles. The number of H-pyrrole nitrogens is 2. The van der Waals surface area contributed by atoms with Gasteiger partial charge in [-0.15, -0.1) is 0 Å². The van der Waals surface area contributed by atoms with Gasteiger partial charge in [0.25, 0.3) is 5.91 Å². The zero-order valence-electron chi connectivity index (χ0n) is 9.64. The van der Waals surface area contributed by atoms with Crippen LogP contribution in [0.5, 0.6) is 0 Å². The fraction of sp³-hybridized carbons (Fsp3) is 0.0909. The minimum Gasteiger partial charge on any atom is -0.320 e. The van der Waals surface area contributed by atoms with Crippen molar-refractivity contribution >= 4 is 27.5 Å². The third kappa shape index (κ3) is 3.10. The number of aromatic amines is 2. The number of rotatable bonds is 2. The van der Waals surface area contributed by atoms with Crippen molar-refractivity contribution in [1.29, 1.82) is 0 Å². The van der Waals surface area contributed by atoms with Crippen LogP contribution >= 0.6 is 15.9 Å². The van der Waals surface area contributed by atoms with Crippen molar-refractivity contribution in [2.75, 3.05) is 5.32 Å². The largest absolute Gasteiger partial charge is 0.416 e. The lowest BCUT2D eigenvalue weighted by molar-refractivity contribution is -0.137. The lowest BCUT2D eigenvalue weighted by atomic mass is 10.2. The molecule has 0 aliphatic rings. The third-order valence-electron chi connectivity index (χ3n) is 2.38. The summed E-state index contributed by atoms with van der Waals surface area (Å²) in [4.78, 5) is 27.0. The van der Waals surface area contributed by atoms with Crippen LogP contribution in [0.25, 0.3) is 0 Å². The molecule has 3 N–H and O–H groups in total. The van der Waals surface area contributed by atoms with Gasteiger partial charge in [0.15, 0.2) is 0 Å². The summed E-state index contributed by atoms with van der Waals surface area (Å²) < 4.78 is 38.0. The number of hydrogen-bond donors (Lipinski definition) is 3. The van der Waals surface area contributed by atoms with Crippen LogP contribution in [-0.2, 0) is 6.18 Å². The minimum absolute atomic E-state index is 0.0492. The van der Waals surface area contributed by atoms with Crippen molar-refractivity contribution in [1.82, 2.24) is 9.97 Å². The number of nitrogens with one attached hydrogen (secondary N) is 3. The van der Waals surface area contributed by atoms with Crippen LogP contribution in [0.2, 0.25) is 0 Å². The number of imidazole rings is 1. The van der Waals surface area contributed by atoms with Crippen LogP contribution in [0.3, 0.4) is 0 Å². The van der Waals surface area contributed by atoms with Gasteiger partial charge in [-0.05, 0) is 34.1 Å². The Morgan fingerprint density at radius 2 is 2.00 bits per heavy atom. The molecule has 0 unspecified atom stereocenters. The van der Waals surface area contributed by atoms with E-state index in [1.54, 1.807) is 0 Å². The SMILES string of the molecule is O=C(Nc1cc(C(F)(F)F)ccc1Br)c1c[nH]c(=O)[nH]1. The van der Waals surface area contributed by atoms with Crippen molar-refractivity contribution in [3.8, 4) is 0 Å². The first kappa shape index (κ1) is 14.4. The molecule has 0 aliphatic heterocycles. The molecule has 0 saturated heterocycles. The van der Waals surface area contributed by atoms with E-state index in [2.05, 4.69) is 31.2 Å². The second-order valence-electron chi connectivity index (χ2n) is 3.80. The molecule has 0 bridgehead atoms. The minimum atomic E-state index is -4.51. The van der Waals surface area contributed by atoms with E-state index in [0.717, 1.165) is 18.3 Å². The molecule has 0 atom stereocenters. The predicted octanol–water partition coefficient (Wildman–Crippen LogP) is 2.74. The summed E-state index contributed by atoms with van der Waals surface area (Å²) in [6, 6.07) is 2.86. The Balaban J connectivity index is 2.29. The number of amides is 1. The van der Waals surface area contributed by atoms with Gasteiger partial charge >= 0.3 is 11.9 Å². The Kier molecular flexibility index (Phi) is 3.71. The second-order valence-corrected chi connectivity index (χ2v) is 4.66. The zero-order chi connectivity index (χ0) is 14.9. The summed E-state index contributed by atoms with van der Waals surface area (Å²) in [5, 5.41) is 2.28. The van der Waals surface area contributed by atoms with E-state index in [-0.39, 0.29) is 15.9 Å². The molecule has 2 rings (SSSR count). The second kappa shape index (κ2) is 5.16. The van der Waals surface area contributed by atoms with Crippen molar-refractivity contribution in [3.05, 3.63) is 50.6 Å². The molecule has 1 aromatic heterocycles. The van der Waals surface area contributed by atoms with E-state index in [1.165, 1.54) is 6.07 Å². The van der Waals surface area contributed by atoms with Crippen molar-refractivity contribution in [2.24, 2.45) is 0 Å². The molecule has 0 fully saturated rings. The number of alkyl halides is 3. The van der Waals surface area contributed by atoms with Crippen LogP contribution in [0.1, 0.15) is 16.1 Å². The summed E-state index contributed by atoms with van der Waals surface area (Å²) in [7, 11) is 0. The number of benzene rings is 1. The van der Waals surface area contributed by atoms with Gasteiger partial charge in [-0.1, -0.05) is 0 Å². The van der Waals surface area contributed by atoms with Crippen LogP contribution in [0, 0.1) is 0 Å². The van der Waals surface area contributed by atoms with Crippen LogP contribution in [-0.4, -0.2) is 15.9 Å². The standard InChI is InChI=1S/C11H7BrF3N3O2/c12-6-2-1-5(11(13,14)15)3-7(6)17-9(19)8-4-16-10(20)18-8/h1-4H,(H,17,19)(H2,16,18,20). The Morgan fingerprint density at radius 3 is 2.55 bits per heavy atom. The highest BCUT2D eigenvalue weighted by Gasteiger charge is 2.31. The maximum atomic E-state index is 12.6. The molecule has 5 nitrogen and oxygen atoms in total. The van der Waals surface area contributed by atoms with Crippen LogP contribution in [0.4, 0.5) is 18.9 Å². The first-order chi connectivity index (χ1) is 9.27. The Bertz CT molecular complexity index is 705. The van der Waals surface area contributed by atoms with Crippen LogP contribution < -0.4 is 11.0 Å². The lowest BCUT2D eigenvalue weighted by Crippen LogP contribution is -2.15. The molecular weight excluding hydrogens is 343 g/mol. The highest BCUT2D eigenvalue weighted by atomic mass is 79.9.